The topological polar surface area (TPSA) is 23.1 Å². The van der Waals surface area contributed by atoms with Crippen LogP contribution in [0, 0.1) is 0 Å². The fourth-order valence-electron chi connectivity index (χ4n) is 5.10. The van der Waals surface area contributed by atoms with Gasteiger partial charge in [-0.2, -0.15) is 0 Å². The minimum atomic E-state index is -0.155. The molecule has 3 heteroatoms. The molecule has 22 heavy (non-hydrogen) atoms. The zero-order valence-corrected chi connectivity index (χ0v) is 16.2. The molecule has 0 atom stereocenters. The summed E-state index contributed by atoms with van der Waals surface area (Å²) in [4.78, 5) is 0. The summed E-state index contributed by atoms with van der Waals surface area (Å²) >= 11 is 0. The number of quaternary nitrogens is 1. The Morgan fingerprint density at radius 3 is 1.32 bits per heavy atom. The maximum atomic E-state index is 13.3. The summed E-state index contributed by atoms with van der Waals surface area (Å²) in [5.74, 6) is 0. The SMILES string of the molecule is CCC1(CC)CC([N+](CC)(CC)CC)CC(CC)(CC)N1[O]. The summed E-state index contributed by atoms with van der Waals surface area (Å²) in [7, 11) is 0. The number of hydrogen-bond acceptors (Lipinski definition) is 1. The normalized spacial score (nSPS) is 22.9. The average molecular weight is 313 g/mol. The van der Waals surface area contributed by atoms with Gasteiger partial charge in [-0.1, -0.05) is 27.7 Å². The second-order valence-corrected chi connectivity index (χ2v) is 7.39. The van der Waals surface area contributed by atoms with Crippen LogP contribution in [0.4, 0.5) is 0 Å². The van der Waals surface area contributed by atoms with Gasteiger partial charge in [0.25, 0.3) is 0 Å². The summed E-state index contributed by atoms with van der Waals surface area (Å²) in [6.45, 7) is 19.4. The molecule has 0 aliphatic carbocycles. The van der Waals surface area contributed by atoms with Crippen LogP contribution >= 0.6 is 0 Å². The molecule has 1 rings (SSSR count). The maximum absolute atomic E-state index is 13.3. The van der Waals surface area contributed by atoms with Gasteiger partial charge < -0.3 is 4.48 Å². The summed E-state index contributed by atoms with van der Waals surface area (Å²) < 4.78 is 1.18. The lowest BCUT2D eigenvalue weighted by atomic mass is 9.70. The van der Waals surface area contributed by atoms with Gasteiger partial charge in [-0.3, -0.25) is 0 Å². The first-order chi connectivity index (χ1) is 10.4. The van der Waals surface area contributed by atoms with Crippen molar-refractivity contribution in [3.05, 3.63) is 0 Å². The molecule has 0 saturated carbocycles. The summed E-state index contributed by atoms with van der Waals surface area (Å²) in [5, 5.41) is 14.9. The van der Waals surface area contributed by atoms with Gasteiger partial charge in [-0.25, -0.2) is 0 Å². The lowest BCUT2D eigenvalue weighted by Gasteiger charge is -2.58. The van der Waals surface area contributed by atoms with Crippen LogP contribution in [0.15, 0.2) is 0 Å². The van der Waals surface area contributed by atoms with Gasteiger partial charge >= 0.3 is 0 Å². The molecule has 1 fully saturated rings. The van der Waals surface area contributed by atoms with Gasteiger partial charge in [-0.05, 0) is 46.5 Å². The van der Waals surface area contributed by atoms with E-state index in [4.69, 9.17) is 0 Å². The van der Waals surface area contributed by atoms with Crippen LogP contribution in [0.25, 0.3) is 0 Å². The first-order valence-electron chi connectivity index (χ1n) is 9.72. The Morgan fingerprint density at radius 1 is 0.773 bits per heavy atom. The van der Waals surface area contributed by atoms with Gasteiger partial charge in [0.05, 0.1) is 36.8 Å². The predicted octanol–water partition coefficient (Wildman–Crippen LogP) is 4.79. The lowest BCUT2D eigenvalue weighted by molar-refractivity contribution is -0.949. The number of rotatable bonds is 8. The van der Waals surface area contributed by atoms with E-state index in [9.17, 15) is 5.21 Å². The number of hydroxylamine groups is 2. The zero-order chi connectivity index (χ0) is 17.0. The first-order valence-corrected chi connectivity index (χ1v) is 9.72. The molecule has 0 bridgehead atoms. The fraction of sp³-hybridized carbons (Fsp3) is 1.00. The molecule has 0 spiro atoms. The second-order valence-electron chi connectivity index (χ2n) is 7.39. The molecule has 0 unspecified atom stereocenters. The van der Waals surface area contributed by atoms with Gasteiger partial charge in [0, 0.05) is 12.8 Å². The molecule has 0 aromatic rings. The van der Waals surface area contributed by atoms with Crippen molar-refractivity contribution in [1.29, 1.82) is 0 Å². The number of hydrogen-bond donors (Lipinski definition) is 0. The van der Waals surface area contributed by atoms with E-state index in [1.807, 2.05) is 0 Å². The zero-order valence-electron chi connectivity index (χ0n) is 16.2. The molecule has 0 N–H and O–H groups in total. The molecule has 0 aromatic heterocycles. The number of nitrogens with zero attached hydrogens (tertiary/aromatic N) is 2. The standard InChI is InChI=1S/C19H40N2O/c1-8-18(9-2)15-17(21(12-5,13-6)14-7)16-19(10-3,11-4)20(18)22/h17H,8-16H2,1-7H3/q+1. The molecule has 3 nitrogen and oxygen atoms in total. The lowest BCUT2D eigenvalue weighted by Crippen LogP contribution is -2.70. The second kappa shape index (κ2) is 7.63. The molecular weight excluding hydrogens is 272 g/mol. The van der Waals surface area contributed by atoms with E-state index in [0.717, 1.165) is 38.5 Å². The molecule has 1 aliphatic rings. The third-order valence-electron chi connectivity index (χ3n) is 7.39. The van der Waals surface area contributed by atoms with E-state index in [-0.39, 0.29) is 11.1 Å². The van der Waals surface area contributed by atoms with E-state index in [2.05, 4.69) is 48.5 Å². The molecule has 0 amide bonds. The molecule has 1 aliphatic heterocycles. The van der Waals surface area contributed by atoms with Gasteiger partial charge in [0.1, 0.15) is 0 Å². The van der Waals surface area contributed by atoms with Crippen LogP contribution in [0.1, 0.15) is 87.0 Å². The van der Waals surface area contributed by atoms with Gasteiger partial charge in [0.2, 0.25) is 0 Å². The Labute approximate surface area is 139 Å². The van der Waals surface area contributed by atoms with Crippen molar-refractivity contribution in [1.82, 2.24) is 5.06 Å². The van der Waals surface area contributed by atoms with Crippen LogP contribution in [-0.4, -0.2) is 46.3 Å². The Balaban J connectivity index is 3.33. The van der Waals surface area contributed by atoms with E-state index in [1.165, 1.54) is 24.1 Å². The monoisotopic (exact) mass is 312 g/mol. The first kappa shape index (κ1) is 19.9. The Morgan fingerprint density at radius 2 is 1.09 bits per heavy atom. The van der Waals surface area contributed by atoms with Crippen molar-refractivity contribution < 1.29 is 9.69 Å². The van der Waals surface area contributed by atoms with E-state index in [0.29, 0.717) is 6.04 Å². The Hall–Kier alpha value is -0.120. The summed E-state index contributed by atoms with van der Waals surface area (Å²) in [6.07, 6.45) is 6.04. The van der Waals surface area contributed by atoms with E-state index < -0.39 is 0 Å². The fourth-order valence-corrected chi connectivity index (χ4v) is 5.10. The van der Waals surface area contributed by atoms with Crippen LogP contribution in [0.5, 0.6) is 0 Å². The minimum Gasteiger partial charge on any atom is -0.322 e. The third-order valence-corrected chi connectivity index (χ3v) is 7.39. The molecule has 1 radical (unpaired) electrons. The van der Waals surface area contributed by atoms with Crippen LogP contribution in [0.2, 0.25) is 0 Å². The average Bonchev–Trinajstić information content (AvgIpc) is 2.58. The van der Waals surface area contributed by atoms with Crippen molar-refractivity contribution in [2.45, 2.75) is 104 Å². The highest BCUT2D eigenvalue weighted by Crippen LogP contribution is 2.47. The highest BCUT2D eigenvalue weighted by atomic mass is 16.5. The minimum absolute atomic E-state index is 0.155. The molecule has 1 heterocycles. The van der Waals surface area contributed by atoms with Gasteiger partial charge in [-0.15, -0.1) is 10.3 Å². The van der Waals surface area contributed by atoms with Crippen molar-refractivity contribution in [3.8, 4) is 0 Å². The van der Waals surface area contributed by atoms with Crippen molar-refractivity contribution in [2.75, 3.05) is 19.6 Å². The maximum Gasteiger partial charge on any atom is 0.0927 e. The van der Waals surface area contributed by atoms with E-state index in [1.54, 1.807) is 5.06 Å². The van der Waals surface area contributed by atoms with E-state index >= 15 is 0 Å². The summed E-state index contributed by atoms with van der Waals surface area (Å²) in [6, 6.07) is 0.630. The van der Waals surface area contributed by atoms with Crippen LogP contribution in [0.3, 0.4) is 0 Å². The predicted molar refractivity (Wildman–Crippen MR) is 94.1 cm³/mol. The quantitative estimate of drug-likeness (QED) is 0.591. The van der Waals surface area contributed by atoms with Crippen molar-refractivity contribution in [3.63, 3.8) is 0 Å². The van der Waals surface area contributed by atoms with Crippen molar-refractivity contribution >= 4 is 0 Å². The van der Waals surface area contributed by atoms with Crippen molar-refractivity contribution in [2.24, 2.45) is 0 Å². The third kappa shape index (κ3) is 2.97. The molecule has 131 valence electrons. The molecule has 0 aromatic carbocycles. The Kier molecular flexibility index (Phi) is 6.91. The van der Waals surface area contributed by atoms with Crippen LogP contribution in [-0.2, 0) is 5.21 Å². The van der Waals surface area contributed by atoms with Crippen LogP contribution < -0.4 is 0 Å². The largest absolute Gasteiger partial charge is 0.322 e. The number of piperidine rings is 1. The van der Waals surface area contributed by atoms with Gasteiger partial charge in [0.15, 0.2) is 0 Å². The highest BCUT2D eigenvalue weighted by Gasteiger charge is 2.56. The summed E-state index contributed by atoms with van der Waals surface area (Å²) in [5.41, 5.74) is -0.310. The molecular formula is C19H40N2O+. The smallest absolute Gasteiger partial charge is 0.0927 e. The Bertz CT molecular complexity index is 300. The highest BCUT2D eigenvalue weighted by molar-refractivity contribution is 5.03. The molecule has 1 saturated heterocycles.